The van der Waals surface area contributed by atoms with Gasteiger partial charge in [0, 0.05) is 24.0 Å². The van der Waals surface area contributed by atoms with E-state index >= 15 is 0 Å². The van der Waals surface area contributed by atoms with Gasteiger partial charge >= 0.3 is 6.03 Å². The van der Waals surface area contributed by atoms with Gasteiger partial charge in [-0.15, -0.1) is 11.3 Å². The molecule has 8 heteroatoms. The molecule has 0 atom stereocenters. The van der Waals surface area contributed by atoms with Gasteiger partial charge in [0.25, 0.3) is 0 Å². The van der Waals surface area contributed by atoms with E-state index in [2.05, 4.69) is 20.7 Å². The SMILES string of the molecule is Cc1cc(C)n(-c2nc(CCNC(=O)Nc3ccccc3F)cs2)n1. The fourth-order valence-electron chi connectivity index (χ4n) is 2.36. The molecule has 0 aliphatic carbocycles. The average Bonchev–Trinajstić information content (AvgIpc) is 3.16. The van der Waals surface area contributed by atoms with Gasteiger partial charge in [0.1, 0.15) is 5.82 Å². The lowest BCUT2D eigenvalue weighted by Crippen LogP contribution is -2.30. The second kappa shape index (κ2) is 7.43. The second-order valence-electron chi connectivity index (χ2n) is 5.57. The highest BCUT2D eigenvalue weighted by Crippen LogP contribution is 2.17. The van der Waals surface area contributed by atoms with Crippen molar-refractivity contribution in [1.29, 1.82) is 0 Å². The smallest absolute Gasteiger partial charge is 0.319 e. The van der Waals surface area contributed by atoms with Crippen LogP contribution in [0.4, 0.5) is 14.9 Å². The number of hydrogen-bond acceptors (Lipinski definition) is 4. The molecule has 1 aromatic carbocycles. The Kier molecular flexibility index (Phi) is 5.08. The molecule has 0 bridgehead atoms. The molecule has 0 unspecified atom stereocenters. The van der Waals surface area contributed by atoms with Crippen molar-refractivity contribution in [1.82, 2.24) is 20.1 Å². The minimum Gasteiger partial charge on any atom is -0.337 e. The van der Waals surface area contributed by atoms with Crippen molar-refractivity contribution in [2.75, 3.05) is 11.9 Å². The number of carbonyl (C=O) groups is 1. The van der Waals surface area contributed by atoms with Crippen LogP contribution in [0.5, 0.6) is 0 Å². The maximum absolute atomic E-state index is 13.5. The number of aromatic nitrogens is 3. The summed E-state index contributed by atoms with van der Waals surface area (Å²) in [6, 6.07) is 7.59. The number of rotatable bonds is 5. The molecule has 0 saturated carbocycles. The minimum absolute atomic E-state index is 0.153. The van der Waals surface area contributed by atoms with Crippen LogP contribution < -0.4 is 10.6 Å². The van der Waals surface area contributed by atoms with Crippen molar-refractivity contribution in [2.24, 2.45) is 0 Å². The molecular formula is C17H18FN5OS. The molecule has 6 nitrogen and oxygen atoms in total. The molecule has 0 radical (unpaired) electrons. The summed E-state index contributed by atoms with van der Waals surface area (Å²) in [5.41, 5.74) is 3.00. The second-order valence-corrected chi connectivity index (χ2v) is 6.41. The highest BCUT2D eigenvalue weighted by molar-refractivity contribution is 7.12. The van der Waals surface area contributed by atoms with E-state index in [0.717, 1.165) is 22.2 Å². The molecule has 0 saturated heterocycles. The number of urea groups is 1. The summed E-state index contributed by atoms with van der Waals surface area (Å²) in [6.07, 6.45) is 0.584. The van der Waals surface area contributed by atoms with Gasteiger partial charge in [0.15, 0.2) is 0 Å². The molecule has 3 aromatic rings. The number of hydrogen-bond donors (Lipinski definition) is 2. The first kappa shape index (κ1) is 17.1. The number of para-hydroxylation sites is 1. The third kappa shape index (κ3) is 4.21. The molecule has 2 N–H and O–H groups in total. The summed E-state index contributed by atoms with van der Waals surface area (Å²) in [7, 11) is 0. The lowest BCUT2D eigenvalue weighted by molar-refractivity contribution is 0.252. The fourth-order valence-corrected chi connectivity index (χ4v) is 3.23. The first-order chi connectivity index (χ1) is 12.0. The molecule has 3 rings (SSSR count). The topological polar surface area (TPSA) is 71.8 Å². The Morgan fingerprint density at radius 2 is 2.12 bits per heavy atom. The number of halogens is 1. The molecule has 0 spiro atoms. The summed E-state index contributed by atoms with van der Waals surface area (Å²) in [6.45, 7) is 4.33. The van der Waals surface area contributed by atoms with E-state index in [1.54, 1.807) is 12.1 Å². The molecule has 25 heavy (non-hydrogen) atoms. The monoisotopic (exact) mass is 359 g/mol. The van der Waals surface area contributed by atoms with Crippen molar-refractivity contribution in [2.45, 2.75) is 20.3 Å². The van der Waals surface area contributed by atoms with Crippen LogP contribution >= 0.6 is 11.3 Å². The molecule has 2 amide bonds. The van der Waals surface area contributed by atoms with Crippen molar-refractivity contribution in [3.63, 3.8) is 0 Å². The van der Waals surface area contributed by atoms with Gasteiger partial charge in [-0.3, -0.25) is 0 Å². The van der Waals surface area contributed by atoms with Crippen molar-refractivity contribution < 1.29 is 9.18 Å². The van der Waals surface area contributed by atoms with Gasteiger partial charge < -0.3 is 10.6 Å². The van der Waals surface area contributed by atoms with E-state index in [9.17, 15) is 9.18 Å². The normalized spacial score (nSPS) is 10.7. The molecule has 2 heterocycles. The van der Waals surface area contributed by atoms with Crippen molar-refractivity contribution >= 4 is 23.1 Å². The maximum Gasteiger partial charge on any atom is 0.319 e. The van der Waals surface area contributed by atoms with Crippen LogP contribution in [-0.2, 0) is 6.42 Å². The van der Waals surface area contributed by atoms with Gasteiger partial charge in [-0.2, -0.15) is 5.10 Å². The van der Waals surface area contributed by atoms with E-state index in [-0.39, 0.29) is 5.69 Å². The number of aryl methyl sites for hydroxylation is 2. The number of thiazole rings is 1. The Bertz CT molecular complexity index is 889. The third-order valence-corrected chi connectivity index (χ3v) is 4.38. The number of carbonyl (C=O) groups excluding carboxylic acids is 1. The van der Waals surface area contributed by atoms with Gasteiger partial charge in [0.2, 0.25) is 5.13 Å². The highest BCUT2D eigenvalue weighted by Gasteiger charge is 2.09. The Hall–Kier alpha value is -2.74. The Morgan fingerprint density at radius 3 is 2.84 bits per heavy atom. The summed E-state index contributed by atoms with van der Waals surface area (Å²) < 4.78 is 15.3. The zero-order chi connectivity index (χ0) is 17.8. The number of nitrogens with zero attached hydrogens (tertiary/aromatic N) is 3. The van der Waals surface area contributed by atoms with Crippen molar-refractivity contribution in [3.8, 4) is 5.13 Å². The fraction of sp³-hybridized carbons (Fsp3) is 0.235. The molecule has 0 aliphatic heterocycles. The van der Waals surface area contributed by atoms with Gasteiger partial charge in [-0.05, 0) is 32.0 Å². The van der Waals surface area contributed by atoms with E-state index < -0.39 is 11.8 Å². The lowest BCUT2D eigenvalue weighted by atomic mass is 10.3. The van der Waals surface area contributed by atoms with Crippen LogP contribution in [-0.4, -0.2) is 27.3 Å². The van der Waals surface area contributed by atoms with E-state index in [1.165, 1.54) is 23.5 Å². The largest absolute Gasteiger partial charge is 0.337 e. The lowest BCUT2D eigenvalue weighted by Gasteiger charge is -2.07. The molecule has 130 valence electrons. The van der Waals surface area contributed by atoms with Crippen LogP contribution in [0.2, 0.25) is 0 Å². The quantitative estimate of drug-likeness (QED) is 0.733. The number of nitrogens with one attached hydrogen (secondary N) is 2. The average molecular weight is 359 g/mol. The van der Waals surface area contributed by atoms with Crippen LogP contribution in [0.25, 0.3) is 5.13 Å². The Balaban J connectivity index is 1.52. The molecule has 0 aliphatic rings. The molecule has 2 aromatic heterocycles. The number of anilines is 1. The minimum atomic E-state index is -0.466. The maximum atomic E-state index is 13.5. The van der Waals surface area contributed by atoms with Crippen LogP contribution in [0.15, 0.2) is 35.7 Å². The van der Waals surface area contributed by atoms with E-state index in [0.29, 0.717) is 13.0 Å². The molecule has 0 fully saturated rings. The molecular weight excluding hydrogens is 341 g/mol. The zero-order valence-corrected chi connectivity index (χ0v) is 14.7. The van der Waals surface area contributed by atoms with Gasteiger partial charge in [0.05, 0.1) is 17.1 Å². The van der Waals surface area contributed by atoms with Gasteiger partial charge in [-0.1, -0.05) is 12.1 Å². The summed E-state index contributed by atoms with van der Waals surface area (Å²) >= 11 is 1.50. The van der Waals surface area contributed by atoms with Crippen LogP contribution in [0, 0.1) is 19.7 Å². The van der Waals surface area contributed by atoms with E-state index in [4.69, 9.17) is 0 Å². The first-order valence-electron chi connectivity index (χ1n) is 7.80. The van der Waals surface area contributed by atoms with Crippen LogP contribution in [0.1, 0.15) is 17.1 Å². The predicted molar refractivity (Wildman–Crippen MR) is 95.8 cm³/mol. The third-order valence-electron chi connectivity index (χ3n) is 3.52. The van der Waals surface area contributed by atoms with Crippen LogP contribution in [0.3, 0.4) is 0 Å². The number of amides is 2. The van der Waals surface area contributed by atoms with Crippen molar-refractivity contribution in [3.05, 3.63) is 58.6 Å². The zero-order valence-electron chi connectivity index (χ0n) is 13.9. The predicted octanol–water partition coefficient (Wildman–Crippen LogP) is 3.45. The summed E-state index contributed by atoms with van der Waals surface area (Å²) in [5, 5.41) is 12.3. The number of benzene rings is 1. The summed E-state index contributed by atoms with van der Waals surface area (Å²) in [4.78, 5) is 16.3. The summed E-state index contributed by atoms with van der Waals surface area (Å²) in [5.74, 6) is -0.466. The Labute approximate surface area is 148 Å². The highest BCUT2D eigenvalue weighted by atomic mass is 32.1. The van der Waals surface area contributed by atoms with Gasteiger partial charge in [-0.25, -0.2) is 18.9 Å². The standard InChI is InChI=1S/C17H18FN5OS/c1-11-9-12(2)23(22-11)17-20-13(10-25-17)7-8-19-16(24)21-15-6-4-3-5-14(15)18/h3-6,9-10H,7-8H2,1-2H3,(H2,19,21,24). The Morgan fingerprint density at radius 1 is 1.32 bits per heavy atom. The van der Waals surface area contributed by atoms with E-state index in [1.807, 2.05) is 30.0 Å². The first-order valence-corrected chi connectivity index (χ1v) is 8.68.